The Labute approximate surface area is 108 Å². The Morgan fingerprint density at radius 3 is 2.83 bits per heavy atom. The van der Waals surface area contributed by atoms with Crippen molar-refractivity contribution in [3.8, 4) is 0 Å². The maximum atomic E-state index is 12.4. The lowest BCUT2D eigenvalue weighted by atomic mass is 9.56. The molecule has 0 aromatic heterocycles. The van der Waals surface area contributed by atoms with Crippen molar-refractivity contribution in [1.29, 1.82) is 0 Å². The van der Waals surface area contributed by atoms with E-state index in [1.807, 2.05) is 6.92 Å². The van der Waals surface area contributed by atoms with Crippen molar-refractivity contribution >= 4 is 5.97 Å². The van der Waals surface area contributed by atoms with Gasteiger partial charge in [-0.25, -0.2) is 0 Å². The van der Waals surface area contributed by atoms with E-state index < -0.39 is 11.5 Å². The van der Waals surface area contributed by atoms with Crippen molar-refractivity contribution < 1.29 is 14.6 Å². The number of hydrogen-bond donors (Lipinski definition) is 1. The monoisotopic (exact) mass is 250 g/mol. The second-order valence-corrected chi connectivity index (χ2v) is 6.53. The molecule has 1 saturated heterocycles. The largest absolute Gasteiger partial charge is 0.465 e. The number of hydrogen-bond acceptors (Lipinski definition) is 3. The third-order valence-corrected chi connectivity index (χ3v) is 5.92. The average Bonchev–Trinajstić information content (AvgIpc) is 2.99. The molecule has 3 nitrogen and oxygen atoms in total. The van der Waals surface area contributed by atoms with Crippen LogP contribution in [-0.4, -0.2) is 23.8 Å². The summed E-state index contributed by atoms with van der Waals surface area (Å²) >= 11 is 0. The van der Waals surface area contributed by atoms with Crippen molar-refractivity contribution in [2.24, 2.45) is 28.6 Å². The number of rotatable bonds is 3. The topological polar surface area (TPSA) is 46.5 Å². The van der Waals surface area contributed by atoms with E-state index >= 15 is 0 Å². The quantitative estimate of drug-likeness (QED) is 0.616. The molecule has 3 aliphatic rings. The number of esters is 1. The molecule has 2 bridgehead atoms. The zero-order valence-electron chi connectivity index (χ0n) is 11.3. The number of aliphatic hydroxyl groups excluding tert-OH is 1. The molecule has 6 atom stereocenters. The third kappa shape index (κ3) is 1.08. The van der Waals surface area contributed by atoms with Gasteiger partial charge in [-0.05, 0) is 24.2 Å². The molecule has 1 heterocycles. The maximum Gasteiger partial charge on any atom is 0.316 e. The lowest BCUT2D eigenvalue weighted by Gasteiger charge is -2.45. The van der Waals surface area contributed by atoms with Gasteiger partial charge in [0, 0.05) is 5.41 Å². The van der Waals surface area contributed by atoms with Crippen LogP contribution in [0.25, 0.3) is 0 Å². The molecule has 1 unspecified atom stereocenters. The highest BCUT2D eigenvalue weighted by Gasteiger charge is 2.74. The molecular weight excluding hydrogens is 228 g/mol. The summed E-state index contributed by atoms with van der Waals surface area (Å²) in [5, 5.41) is 10.8. The fourth-order valence-electron chi connectivity index (χ4n) is 4.54. The van der Waals surface area contributed by atoms with Crippen molar-refractivity contribution in [2.45, 2.75) is 39.7 Å². The predicted molar refractivity (Wildman–Crippen MR) is 67.7 cm³/mol. The van der Waals surface area contributed by atoms with E-state index in [9.17, 15) is 9.90 Å². The van der Waals surface area contributed by atoms with Gasteiger partial charge in [0.25, 0.3) is 0 Å². The van der Waals surface area contributed by atoms with Crippen LogP contribution in [0.4, 0.5) is 0 Å². The van der Waals surface area contributed by atoms with E-state index in [4.69, 9.17) is 4.74 Å². The smallest absolute Gasteiger partial charge is 0.316 e. The van der Waals surface area contributed by atoms with Crippen LogP contribution in [0, 0.1) is 28.6 Å². The normalized spacial score (nSPS) is 48.1. The number of carbonyl (C=O) groups is 1. The second kappa shape index (κ2) is 3.60. The minimum Gasteiger partial charge on any atom is -0.465 e. The molecule has 3 heteroatoms. The molecule has 0 aromatic rings. The molecule has 100 valence electrons. The first kappa shape index (κ1) is 12.2. The predicted octanol–water partition coefficient (Wildman–Crippen LogP) is 2.15. The first-order valence-electron chi connectivity index (χ1n) is 7.02. The van der Waals surface area contributed by atoms with Crippen LogP contribution >= 0.6 is 0 Å². The molecule has 18 heavy (non-hydrogen) atoms. The minimum atomic E-state index is -0.693. The fourth-order valence-corrected chi connectivity index (χ4v) is 4.54. The highest BCUT2D eigenvalue weighted by atomic mass is 16.5. The summed E-state index contributed by atoms with van der Waals surface area (Å²) in [5.41, 5.74) is -0.909. The van der Waals surface area contributed by atoms with E-state index in [2.05, 4.69) is 26.0 Å². The van der Waals surface area contributed by atoms with Gasteiger partial charge >= 0.3 is 5.97 Å². The van der Waals surface area contributed by atoms with Crippen LogP contribution in [0.15, 0.2) is 12.2 Å². The lowest BCUT2D eigenvalue weighted by Crippen LogP contribution is -2.54. The van der Waals surface area contributed by atoms with E-state index in [1.54, 1.807) is 0 Å². The molecule has 3 rings (SSSR count). The highest BCUT2D eigenvalue weighted by Crippen LogP contribution is 2.69. The molecule has 1 aliphatic heterocycles. The fraction of sp³-hybridized carbons (Fsp3) is 0.800. The number of ether oxygens (including phenoxy) is 1. The van der Waals surface area contributed by atoms with Crippen molar-refractivity contribution in [1.82, 2.24) is 0 Å². The summed E-state index contributed by atoms with van der Waals surface area (Å²) in [4.78, 5) is 12.4. The number of fused-ring (bicyclic) bond motifs is 5. The lowest BCUT2D eigenvalue weighted by molar-refractivity contribution is -0.160. The highest BCUT2D eigenvalue weighted by molar-refractivity contribution is 5.83. The van der Waals surface area contributed by atoms with E-state index in [0.29, 0.717) is 12.5 Å². The van der Waals surface area contributed by atoms with Crippen LogP contribution in [0.1, 0.15) is 33.6 Å². The van der Waals surface area contributed by atoms with Gasteiger partial charge in [0.2, 0.25) is 0 Å². The maximum absolute atomic E-state index is 12.4. The molecule has 0 amide bonds. The Morgan fingerprint density at radius 1 is 1.50 bits per heavy atom. The van der Waals surface area contributed by atoms with Gasteiger partial charge in [-0.15, -0.1) is 0 Å². The summed E-state index contributed by atoms with van der Waals surface area (Å²) in [5.74, 6) is 0.497. The summed E-state index contributed by atoms with van der Waals surface area (Å²) in [6.45, 7) is 6.68. The molecule has 2 aliphatic carbocycles. The summed E-state index contributed by atoms with van der Waals surface area (Å²) in [7, 11) is 0. The number of allylic oxidation sites excluding steroid dienone is 2. The molecule has 0 aromatic carbocycles. The van der Waals surface area contributed by atoms with Gasteiger partial charge in [-0.3, -0.25) is 4.79 Å². The third-order valence-electron chi connectivity index (χ3n) is 5.92. The SMILES string of the molecule is CC[C@H](C)C(O)[C@@]12C(=O)OC[C@]1(C)[C@@H]1C=C[C@H]2C1. The van der Waals surface area contributed by atoms with E-state index in [1.165, 1.54) is 0 Å². The summed E-state index contributed by atoms with van der Waals surface area (Å²) in [6, 6.07) is 0. The van der Waals surface area contributed by atoms with Gasteiger partial charge < -0.3 is 9.84 Å². The Kier molecular flexibility index (Phi) is 2.44. The van der Waals surface area contributed by atoms with Crippen molar-refractivity contribution in [3.05, 3.63) is 12.2 Å². The van der Waals surface area contributed by atoms with Crippen LogP contribution in [0.3, 0.4) is 0 Å². The van der Waals surface area contributed by atoms with Crippen molar-refractivity contribution in [3.63, 3.8) is 0 Å². The summed E-state index contributed by atoms with van der Waals surface area (Å²) in [6.07, 6.45) is 5.63. The zero-order valence-corrected chi connectivity index (χ0v) is 11.3. The molecular formula is C15H22O3. The Hall–Kier alpha value is -0.830. The van der Waals surface area contributed by atoms with Gasteiger partial charge in [0.15, 0.2) is 0 Å². The summed E-state index contributed by atoms with van der Waals surface area (Å²) < 4.78 is 5.38. The molecule has 1 saturated carbocycles. The van der Waals surface area contributed by atoms with Gasteiger partial charge in [0.05, 0.1) is 12.7 Å². The molecule has 2 fully saturated rings. The first-order chi connectivity index (χ1) is 8.48. The van der Waals surface area contributed by atoms with Crippen LogP contribution in [-0.2, 0) is 9.53 Å². The number of aliphatic hydroxyl groups is 1. The Bertz CT molecular complexity index is 416. The van der Waals surface area contributed by atoms with Gasteiger partial charge in [-0.1, -0.05) is 39.3 Å². The van der Waals surface area contributed by atoms with Gasteiger partial charge in [-0.2, -0.15) is 0 Å². The Morgan fingerprint density at radius 2 is 2.17 bits per heavy atom. The molecule has 1 N–H and O–H groups in total. The minimum absolute atomic E-state index is 0.128. The zero-order chi connectivity index (χ0) is 13.1. The van der Waals surface area contributed by atoms with Crippen LogP contribution in [0.2, 0.25) is 0 Å². The molecule has 0 radical (unpaired) electrons. The van der Waals surface area contributed by atoms with E-state index in [-0.39, 0.29) is 23.2 Å². The average molecular weight is 250 g/mol. The van der Waals surface area contributed by atoms with Gasteiger partial charge in [0.1, 0.15) is 5.41 Å². The standard InChI is InChI=1S/C15H22O3/c1-4-9(2)12(16)15-11-6-5-10(7-11)14(15,3)8-18-13(15)17/h5-6,9-12,16H,4,7-8H2,1-3H3/t9-,10+,11-,12?,14+,15-/m0/s1. The number of carbonyl (C=O) groups excluding carboxylic acids is 1. The van der Waals surface area contributed by atoms with E-state index in [0.717, 1.165) is 12.8 Å². The second-order valence-electron chi connectivity index (χ2n) is 6.53. The first-order valence-corrected chi connectivity index (χ1v) is 7.02. The van der Waals surface area contributed by atoms with Crippen LogP contribution < -0.4 is 0 Å². The molecule has 0 spiro atoms. The van der Waals surface area contributed by atoms with Crippen LogP contribution in [0.5, 0.6) is 0 Å². The number of cyclic esters (lactones) is 1. The van der Waals surface area contributed by atoms with Crippen molar-refractivity contribution in [2.75, 3.05) is 6.61 Å². The Balaban J connectivity index is 2.11.